The molecule has 1 heterocycles. The first kappa shape index (κ1) is 13.1. The van der Waals surface area contributed by atoms with E-state index in [0.717, 1.165) is 17.1 Å². The summed E-state index contributed by atoms with van der Waals surface area (Å²) in [5.74, 6) is 1.75. The molecule has 0 bridgehead atoms. The number of ether oxygens (including phenoxy) is 2. The third kappa shape index (κ3) is 2.66. The van der Waals surface area contributed by atoms with Gasteiger partial charge in [-0.25, -0.2) is 0 Å². The lowest BCUT2D eigenvalue weighted by Gasteiger charge is -2.09. The molecule has 0 fully saturated rings. The van der Waals surface area contributed by atoms with Gasteiger partial charge >= 0.3 is 0 Å². The first-order chi connectivity index (χ1) is 9.74. The summed E-state index contributed by atoms with van der Waals surface area (Å²) >= 11 is 6.05. The van der Waals surface area contributed by atoms with Gasteiger partial charge in [-0.15, -0.1) is 0 Å². The van der Waals surface area contributed by atoms with Gasteiger partial charge in [0.25, 0.3) is 0 Å². The fourth-order valence-electron chi connectivity index (χ4n) is 2.11. The van der Waals surface area contributed by atoms with Gasteiger partial charge in [-0.05, 0) is 29.8 Å². The van der Waals surface area contributed by atoms with Gasteiger partial charge in [0, 0.05) is 23.7 Å². The number of rotatable bonds is 4. The maximum Gasteiger partial charge on any atom is 0.231 e. The van der Waals surface area contributed by atoms with Crippen LogP contribution in [0.3, 0.4) is 0 Å². The molecule has 1 aliphatic rings. The van der Waals surface area contributed by atoms with Crippen LogP contribution < -0.4 is 14.8 Å². The highest BCUT2D eigenvalue weighted by molar-refractivity contribution is 6.31. The summed E-state index contributed by atoms with van der Waals surface area (Å²) in [6, 6.07) is 10.9. The molecule has 4 nitrogen and oxygen atoms in total. The monoisotopic (exact) mass is 291 g/mol. The standard InChI is InChI=1S/C15H14ClNO3/c16-12-2-1-3-13(18)11(12)8-17-7-10-4-5-14-15(6-10)20-9-19-14/h1-6,17-18H,7-9H2. The lowest BCUT2D eigenvalue weighted by molar-refractivity contribution is 0.174. The molecule has 2 N–H and O–H groups in total. The van der Waals surface area contributed by atoms with Gasteiger partial charge in [0.1, 0.15) is 5.75 Å². The minimum Gasteiger partial charge on any atom is -0.508 e. The van der Waals surface area contributed by atoms with Crippen molar-refractivity contribution in [2.45, 2.75) is 13.1 Å². The second-order valence-corrected chi connectivity index (χ2v) is 4.94. The maximum atomic E-state index is 9.75. The second kappa shape index (κ2) is 5.61. The molecule has 0 spiro atoms. The Hall–Kier alpha value is -1.91. The SMILES string of the molecule is Oc1cccc(Cl)c1CNCc1ccc2c(c1)OCO2. The van der Waals surface area contributed by atoms with Crippen LogP contribution in [-0.4, -0.2) is 11.9 Å². The van der Waals surface area contributed by atoms with E-state index in [4.69, 9.17) is 21.1 Å². The predicted molar refractivity (Wildman–Crippen MR) is 76.2 cm³/mol. The number of phenols is 1. The minimum atomic E-state index is 0.204. The lowest BCUT2D eigenvalue weighted by Crippen LogP contribution is -2.13. The van der Waals surface area contributed by atoms with Gasteiger partial charge in [0.2, 0.25) is 6.79 Å². The van der Waals surface area contributed by atoms with Crippen LogP contribution in [0.15, 0.2) is 36.4 Å². The molecule has 3 rings (SSSR count). The molecule has 20 heavy (non-hydrogen) atoms. The quantitative estimate of drug-likeness (QED) is 0.909. The fourth-order valence-corrected chi connectivity index (χ4v) is 2.34. The molecule has 1 aliphatic heterocycles. The van der Waals surface area contributed by atoms with Crippen molar-refractivity contribution in [3.8, 4) is 17.2 Å². The summed E-state index contributed by atoms with van der Waals surface area (Å²) < 4.78 is 10.6. The lowest BCUT2D eigenvalue weighted by atomic mass is 10.1. The van der Waals surface area contributed by atoms with E-state index in [9.17, 15) is 5.11 Å². The van der Waals surface area contributed by atoms with Crippen LogP contribution in [0.4, 0.5) is 0 Å². The Bertz CT molecular complexity index is 610. The summed E-state index contributed by atoms with van der Waals surface area (Å²) in [5, 5.41) is 13.6. The molecule has 0 unspecified atom stereocenters. The largest absolute Gasteiger partial charge is 0.508 e. The maximum absolute atomic E-state index is 9.75. The van der Waals surface area contributed by atoms with Crippen LogP contribution in [0, 0.1) is 0 Å². The number of nitrogens with one attached hydrogen (secondary N) is 1. The van der Waals surface area contributed by atoms with Crippen LogP contribution >= 0.6 is 11.6 Å². The Kier molecular flexibility index (Phi) is 3.67. The van der Waals surface area contributed by atoms with E-state index in [1.54, 1.807) is 18.2 Å². The van der Waals surface area contributed by atoms with Crippen molar-refractivity contribution in [2.75, 3.05) is 6.79 Å². The Morgan fingerprint density at radius 2 is 1.95 bits per heavy atom. The average Bonchev–Trinajstić information content (AvgIpc) is 2.89. The smallest absolute Gasteiger partial charge is 0.231 e. The second-order valence-electron chi connectivity index (χ2n) is 4.53. The number of hydrogen-bond donors (Lipinski definition) is 2. The molecule has 0 radical (unpaired) electrons. The molecule has 104 valence electrons. The van der Waals surface area contributed by atoms with Crippen LogP contribution in [0.5, 0.6) is 17.2 Å². The van der Waals surface area contributed by atoms with Crippen LogP contribution in [-0.2, 0) is 13.1 Å². The van der Waals surface area contributed by atoms with Crippen molar-refractivity contribution >= 4 is 11.6 Å². The topological polar surface area (TPSA) is 50.7 Å². The van der Waals surface area contributed by atoms with E-state index in [2.05, 4.69) is 5.32 Å². The highest BCUT2D eigenvalue weighted by Gasteiger charge is 2.13. The molecule has 0 saturated carbocycles. The van der Waals surface area contributed by atoms with Gasteiger partial charge < -0.3 is 19.9 Å². The number of benzene rings is 2. The zero-order valence-electron chi connectivity index (χ0n) is 10.7. The van der Waals surface area contributed by atoms with Crippen LogP contribution in [0.1, 0.15) is 11.1 Å². The van der Waals surface area contributed by atoms with E-state index in [-0.39, 0.29) is 12.5 Å². The third-order valence-electron chi connectivity index (χ3n) is 3.16. The van der Waals surface area contributed by atoms with Crippen LogP contribution in [0.25, 0.3) is 0 Å². The summed E-state index contributed by atoms with van der Waals surface area (Å²) in [5.41, 5.74) is 1.79. The summed E-state index contributed by atoms with van der Waals surface area (Å²) in [6.45, 7) is 1.43. The molecule has 5 heteroatoms. The normalized spacial score (nSPS) is 12.7. The first-order valence-electron chi connectivity index (χ1n) is 6.29. The number of fused-ring (bicyclic) bond motifs is 1. The van der Waals surface area contributed by atoms with Gasteiger partial charge in [0.05, 0.1) is 0 Å². The average molecular weight is 292 g/mol. The van der Waals surface area contributed by atoms with Gasteiger partial charge in [-0.3, -0.25) is 0 Å². The van der Waals surface area contributed by atoms with Gasteiger partial charge in [0.15, 0.2) is 11.5 Å². The number of halogens is 1. The Balaban J connectivity index is 1.63. The molecule has 0 aromatic heterocycles. The molecule has 0 saturated heterocycles. The minimum absolute atomic E-state index is 0.204. The van der Waals surface area contributed by atoms with Crippen molar-refractivity contribution in [2.24, 2.45) is 0 Å². The molecule has 0 amide bonds. The van der Waals surface area contributed by atoms with Gasteiger partial charge in [-0.1, -0.05) is 23.7 Å². The zero-order chi connectivity index (χ0) is 13.9. The number of aromatic hydroxyl groups is 1. The third-order valence-corrected chi connectivity index (χ3v) is 3.52. The summed E-state index contributed by atoms with van der Waals surface area (Å²) in [4.78, 5) is 0. The molecule has 0 aliphatic carbocycles. The molecule has 0 atom stereocenters. The first-order valence-corrected chi connectivity index (χ1v) is 6.67. The van der Waals surface area contributed by atoms with E-state index in [1.165, 1.54) is 0 Å². The van der Waals surface area contributed by atoms with Crippen LogP contribution in [0.2, 0.25) is 5.02 Å². The molecular weight excluding hydrogens is 278 g/mol. The van der Waals surface area contributed by atoms with E-state index in [0.29, 0.717) is 23.7 Å². The Morgan fingerprint density at radius 1 is 1.10 bits per heavy atom. The van der Waals surface area contributed by atoms with Crippen molar-refractivity contribution < 1.29 is 14.6 Å². The predicted octanol–water partition coefficient (Wildman–Crippen LogP) is 3.06. The number of hydrogen-bond acceptors (Lipinski definition) is 4. The number of phenolic OH excluding ortho intramolecular Hbond substituents is 1. The fraction of sp³-hybridized carbons (Fsp3) is 0.200. The van der Waals surface area contributed by atoms with Crippen molar-refractivity contribution in [1.82, 2.24) is 5.32 Å². The van der Waals surface area contributed by atoms with Crippen molar-refractivity contribution in [3.05, 3.63) is 52.5 Å². The Labute approximate surface area is 121 Å². The Morgan fingerprint density at radius 3 is 2.80 bits per heavy atom. The zero-order valence-corrected chi connectivity index (χ0v) is 11.5. The van der Waals surface area contributed by atoms with E-state index >= 15 is 0 Å². The van der Waals surface area contributed by atoms with Crippen molar-refractivity contribution in [1.29, 1.82) is 0 Å². The highest BCUT2D eigenvalue weighted by Crippen LogP contribution is 2.32. The molecular formula is C15H14ClNO3. The molecule has 2 aromatic carbocycles. The summed E-state index contributed by atoms with van der Waals surface area (Å²) in [6.07, 6.45) is 0. The van der Waals surface area contributed by atoms with E-state index in [1.807, 2.05) is 18.2 Å². The van der Waals surface area contributed by atoms with Crippen molar-refractivity contribution in [3.63, 3.8) is 0 Å². The van der Waals surface area contributed by atoms with Gasteiger partial charge in [-0.2, -0.15) is 0 Å². The molecule has 2 aromatic rings. The van der Waals surface area contributed by atoms with E-state index < -0.39 is 0 Å². The summed E-state index contributed by atoms with van der Waals surface area (Å²) in [7, 11) is 0. The highest BCUT2D eigenvalue weighted by atomic mass is 35.5.